The van der Waals surface area contributed by atoms with Gasteiger partial charge in [0.15, 0.2) is 0 Å². The molecule has 0 aromatic heterocycles. The topological polar surface area (TPSA) is 23.5 Å². The Morgan fingerprint density at radius 2 is 2.06 bits per heavy atom. The summed E-state index contributed by atoms with van der Waals surface area (Å²) in [7, 11) is 0. The van der Waals surface area contributed by atoms with Gasteiger partial charge in [-0.25, -0.2) is 0 Å². The quantitative estimate of drug-likeness (QED) is 0.882. The molecular formula is C14H20ClNO. The molecule has 0 atom stereocenters. The van der Waals surface area contributed by atoms with E-state index in [4.69, 9.17) is 11.6 Å². The average molecular weight is 254 g/mol. The van der Waals surface area contributed by atoms with Crippen LogP contribution >= 0.6 is 11.6 Å². The van der Waals surface area contributed by atoms with Crippen LogP contribution in [-0.4, -0.2) is 22.6 Å². The van der Waals surface area contributed by atoms with Gasteiger partial charge in [-0.1, -0.05) is 43.5 Å². The molecule has 1 N–H and O–H groups in total. The van der Waals surface area contributed by atoms with E-state index in [1.165, 1.54) is 25.7 Å². The van der Waals surface area contributed by atoms with E-state index in [1.807, 2.05) is 12.1 Å². The molecule has 1 aliphatic carbocycles. The lowest BCUT2D eigenvalue weighted by molar-refractivity contribution is 0.198. The molecule has 17 heavy (non-hydrogen) atoms. The van der Waals surface area contributed by atoms with Gasteiger partial charge in [-0.15, -0.1) is 0 Å². The molecule has 0 unspecified atom stereocenters. The summed E-state index contributed by atoms with van der Waals surface area (Å²) in [5, 5.41) is 10.4. The van der Waals surface area contributed by atoms with Crippen LogP contribution < -0.4 is 0 Å². The molecule has 0 spiro atoms. The SMILES string of the molecule is CCN(Cc1cccc(Cl)c1O)C1CCCC1. The van der Waals surface area contributed by atoms with E-state index in [2.05, 4.69) is 11.8 Å². The van der Waals surface area contributed by atoms with Crippen molar-refractivity contribution in [2.24, 2.45) is 0 Å². The van der Waals surface area contributed by atoms with E-state index in [0.717, 1.165) is 18.7 Å². The predicted octanol–water partition coefficient (Wildman–Crippen LogP) is 3.81. The smallest absolute Gasteiger partial charge is 0.138 e. The van der Waals surface area contributed by atoms with Crippen LogP contribution in [0.4, 0.5) is 0 Å². The number of benzene rings is 1. The standard InChI is InChI=1S/C14H20ClNO/c1-2-16(12-7-3-4-8-12)10-11-6-5-9-13(15)14(11)17/h5-6,9,12,17H,2-4,7-8,10H2,1H3. The van der Waals surface area contributed by atoms with Crippen LogP contribution in [-0.2, 0) is 6.54 Å². The van der Waals surface area contributed by atoms with Crippen LogP contribution in [0.1, 0.15) is 38.2 Å². The molecule has 0 amide bonds. The predicted molar refractivity (Wildman–Crippen MR) is 71.5 cm³/mol. The van der Waals surface area contributed by atoms with Crippen molar-refractivity contribution in [3.05, 3.63) is 28.8 Å². The van der Waals surface area contributed by atoms with E-state index in [1.54, 1.807) is 6.07 Å². The van der Waals surface area contributed by atoms with Crippen LogP contribution in [0, 0.1) is 0 Å². The molecular weight excluding hydrogens is 234 g/mol. The highest BCUT2D eigenvalue weighted by Gasteiger charge is 2.22. The number of aromatic hydroxyl groups is 1. The Hall–Kier alpha value is -0.730. The molecule has 0 heterocycles. The largest absolute Gasteiger partial charge is 0.506 e. The molecule has 0 aliphatic heterocycles. The number of rotatable bonds is 4. The van der Waals surface area contributed by atoms with Gasteiger partial charge < -0.3 is 5.11 Å². The Balaban J connectivity index is 2.09. The first kappa shape index (κ1) is 12.7. The van der Waals surface area contributed by atoms with Crippen LogP contribution in [0.2, 0.25) is 5.02 Å². The monoisotopic (exact) mass is 253 g/mol. The third-order valence-corrected chi connectivity index (χ3v) is 4.00. The minimum absolute atomic E-state index is 0.241. The zero-order valence-electron chi connectivity index (χ0n) is 10.3. The summed E-state index contributed by atoms with van der Waals surface area (Å²) in [5.41, 5.74) is 0.936. The summed E-state index contributed by atoms with van der Waals surface area (Å²) in [4.78, 5) is 2.44. The van der Waals surface area contributed by atoms with E-state index in [9.17, 15) is 5.11 Å². The zero-order valence-corrected chi connectivity index (χ0v) is 11.1. The van der Waals surface area contributed by atoms with Crippen molar-refractivity contribution in [3.63, 3.8) is 0 Å². The number of phenols is 1. The highest BCUT2D eigenvalue weighted by molar-refractivity contribution is 6.32. The third-order valence-electron chi connectivity index (χ3n) is 3.69. The fourth-order valence-corrected chi connectivity index (χ4v) is 2.87. The van der Waals surface area contributed by atoms with Crippen LogP contribution in [0.3, 0.4) is 0 Å². The summed E-state index contributed by atoms with van der Waals surface area (Å²) < 4.78 is 0. The summed E-state index contributed by atoms with van der Waals surface area (Å²) in [6, 6.07) is 6.27. The Morgan fingerprint density at radius 1 is 1.35 bits per heavy atom. The molecule has 1 aromatic carbocycles. The molecule has 3 heteroatoms. The van der Waals surface area contributed by atoms with E-state index in [-0.39, 0.29) is 5.75 Å². The van der Waals surface area contributed by atoms with Crippen molar-refractivity contribution < 1.29 is 5.11 Å². The molecule has 1 saturated carbocycles. The van der Waals surface area contributed by atoms with E-state index < -0.39 is 0 Å². The second-order valence-corrected chi connectivity index (χ2v) is 5.16. The first-order chi connectivity index (χ1) is 8.22. The van der Waals surface area contributed by atoms with Crippen molar-refractivity contribution in [2.75, 3.05) is 6.54 Å². The first-order valence-corrected chi connectivity index (χ1v) is 6.80. The lowest BCUT2D eigenvalue weighted by atomic mass is 10.1. The molecule has 0 bridgehead atoms. The van der Waals surface area contributed by atoms with Crippen molar-refractivity contribution >= 4 is 11.6 Å². The Bertz CT molecular complexity index is 374. The maximum atomic E-state index is 9.93. The number of para-hydroxylation sites is 1. The molecule has 94 valence electrons. The van der Waals surface area contributed by atoms with Gasteiger partial charge in [-0.2, -0.15) is 0 Å². The highest BCUT2D eigenvalue weighted by atomic mass is 35.5. The number of phenolic OH excluding ortho intramolecular Hbond substituents is 1. The number of halogens is 1. The van der Waals surface area contributed by atoms with Gasteiger partial charge in [0.2, 0.25) is 0 Å². The second-order valence-electron chi connectivity index (χ2n) is 4.75. The van der Waals surface area contributed by atoms with Gasteiger partial charge in [-0.3, -0.25) is 4.90 Å². The minimum atomic E-state index is 0.241. The summed E-state index contributed by atoms with van der Waals surface area (Å²) in [6.07, 6.45) is 5.25. The maximum Gasteiger partial charge on any atom is 0.138 e. The second kappa shape index (κ2) is 5.74. The molecule has 0 radical (unpaired) electrons. The molecule has 1 fully saturated rings. The molecule has 1 aliphatic rings. The lowest BCUT2D eigenvalue weighted by Crippen LogP contribution is -2.32. The minimum Gasteiger partial charge on any atom is -0.506 e. The summed E-state index contributed by atoms with van der Waals surface area (Å²) >= 11 is 5.93. The van der Waals surface area contributed by atoms with Crippen molar-refractivity contribution in [1.29, 1.82) is 0 Å². The van der Waals surface area contributed by atoms with Gasteiger partial charge >= 0.3 is 0 Å². The van der Waals surface area contributed by atoms with Crippen molar-refractivity contribution in [2.45, 2.75) is 45.2 Å². The van der Waals surface area contributed by atoms with Gasteiger partial charge in [0.05, 0.1) is 5.02 Å². The van der Waals surface area contributed by atoms with Crippen molar-refractivity contribution in [3.8, 4) is 5.75 Å². The summed E-state index contributed by atoms with van der Waals surface area (Å²) in [5.74, 6) is 0.241. The third kappa shape index (κ3) is 2.93. The maximum absolute atomic E-state index is 9.93. The molecule has 1 aromatic rings. The Kier molecular flexibility index (Phi) is 4.30. The Morgan fingerprint density at radius 3 is 2.71 bits per heavy atom. The molecule has 0 saturated heterocycles. The number of hydrogen-bond acceptors (Lipinski definition) is 2. The molecule has 2 rings (SSSR count). The van der Waals surface area contributed by atoms with E-state index in [0.29, 0.717) is 11.1 Å². The van der Waals surface area contributed by atoms with Gasteiger partial charge in [-0.05, 0) is 25.5 Å². The Labute approximate surface area is 108 Å². The van der Waals surface area contributed by atoms with Crippen LogP contribution in [0.5, 0.6) is 5.75 Å². The fourth-order valence-electron chi connectivity index (χ4n) is 2.67. The zero-order chi connectivity index (χ0) is 12.3. The van der Waals surface area contributed by atoms with E-state index >= 15 is 0 Å². The highest BCUT2D eigenvalue weighted by Crippen LogP contribution is 2.30. The molecule has 2 nitrogen and oxygen atoms in total. The first-order valence-electron chi connectivity index (χ1n) is 6.42. The lowest BCUT2D eigenvalue weighted by Gasteiger charge is -2.27. The average Bonchev–Trinajstić information content (AvgIpc) is 2.85. The van der Waals surface area contributed by atoms with Crippen molar-refractivity contribution in [1.82, 2.24) is 4.90 Å². The van der Waals surface area contributed by atoms with Crippen LogP contribution in [0.25, 0.3) is 0 Å². The number of hydrogen-bond donors (Lipinski definition) is 1. The number of nitrogens with zero attached hydrogens (tertiary/aromatic N) is 1. The van der Waals surface area contributed by atoms with Crippen LogP contribution in [0.15, 0.2) is 18.2 Å². The van der Waals surface area contributed by atoms with Gasteiger partial charge in [0.1, 0.15) is 5.75 Å². The van der Waals surface area contributed by atoms with Gasteiger partial charge in [0.25, 0.3) is 0 Å². The normalized spacial score (nSPS) is 16.9. The van der Waals surface area contributed by atoms with Gasteiger partial charge in [0, 0.05) is 18.2 Å². The fraction of sp³-hybridized carbons (Fsp3) is 0.571. The summed E-state index contributed by atoms with van der Waals surface area (Å²) in [6.45, 7) is 4.00.